The molecule has 0 saturated heterocycles. The highest BCUT2D eigenvalue weighted by molar-refractivity contribution is 6.01. The number of nitrogens with zero attached hydrogens (tertiary/aromatic N) is 3. The van der Waals surface area contributed by atoms with E-state index in [4.69, 9.17) is 4.74 Å². The molecule has 2 aromatic rings. The second-order valence-corrected chi connectivity index (χ2v) is 6.89. The molecule has 0 spiro atoms. The number of rotatable bonds is 12. The highest BCUT2D eigenvalue weighted by Crippen LogP contribution is 2.33. The molecule has 32 heavy (non-hydrogen) atoms. The Labute approximate surface area is 185 Å². The van der Waals surface area contributed by atoms with Crippen LogP contribution in [0.3, 0.4) is 0 Å². The number of ether oxygens (including phenoxy) is 1. The van der Waals surface area contributed by atoms with Gasteiger partial charge in [-0.25, -0.2) is 0 Å². The van der Waals surface area contributed by atoms with Crippen LogP contribution in [0.5, 0.6) is 5.75 Å². The lowest BCUT2D eigenvalue weighted by atomic mass is 10.1. The predicted molar refractivity (Wildman–Crippen MR) is 121 cm³/mol. The monoisotopic (exact) mass is 445 g/mol. The van der Waals surface area contributed by atoms with Gasteiger partial charge in [-0.2, -0.15) is 0 Å². The Morgan fingerprint density at radius 3 is 2.31 bits per heavy atom. The zero-order chi connectivity index (χ0) is 23.7. The van der Waals surface area contributed by atoms with Crippen LogP contribution in [0.25, 0.3) is 0 Å². The lowest BCUT2D eigenvalue weighted by molar-refractivity contribution is -0.393. The number of carbonyl (C=O) groups is 1. The van der Waals surface area contributed by atoms with Crippen LogP contribution in [0.15, 0.2) is 36.4 Å². The molecule has 1 amide bonds. The van der Waals surface area contributed by atoms with Gasteiger partial charge in [-0.1, -0.05) is 13.8 Å². The number of hydrogen-bond acceptors (Lipinski definition) is 8. The fraction of sp³-hybridized carbons (Fsp3) is 0.381. The van der Waals surface area contributed by atoms with E-state index in [1.54, 1.807) is 12.1 Å². The SMILES string of the molecule is CCN(CC)CCCNC(=O)c1cc(OC)ccc1Nc1ccc([N+](=O)[O-])cc1[N+](=O)[O-]. The molecular weight excluding hydrogens is 418 g/mol. The van der Waals surface area contributed by atoms with Crippen molar-refractivity contribution in [3.63, 3.8) is 0 Å². The summed E-state index contributed by atoms with van der Waals surface area (Å²) < 4.78 is 5.20. The molecule has 0 fully saturated rings. The van der Waals surface area contributed by atoms with E-state index in [2.05, 4.69) is 29.4 Å². The number of methoxy groups -OCH3 is 1. The summed E-state index contributed by atoms with van der Waals surface area (Å²) in [6.07, 6.45) is 0.772. The number of non-ortho nitro benzene ring substituents is 1. The summed E-state index contributed by atoms with van der Waals surface area (Å²) in [6.45, 7) is 7.33. The molecule has 0 aliphatic heterocycles. The van der Waals surface area contributed by atoms with E-state index < -0.39 is 21.2 Å². The quantitative estimate of drug-likeness (QED) is 0.286. The number of carbonyl (C=O) groups excluding carboxylic acids is 1. The second-order valence-electron chi connectivity index (χ2n) is 6.89. The van der Waals surface area contributed by atoms with Crippen molar-refractivity contribution in [2.45, 2.75) is 20.3 Å². The smallest absolute Gasteiger partial charge is 0.299 e. The van der Waals surface area contributed by atoms with E-state index in [0.717, 1.165) is 38.2 Å². The van der Waals surface area contributed by atoms with Crippen molar-refractivity contribution in [2.75, 3.05) is 38.6 Å². The van der Waals surface area contributed by atoms with E-state index in [9.17, 15) is 25.0 Å². The standard InChI is InChI=1S/C21H27N5O6/c1-4-24(5-2)12-6-11-22-21(27)17-14-16(32-3)8-10-18(17)23-19-9-7-15(25(28)29)13-20(19)26(30)31/h7-10,13-14,23H,4-6,11-12H2,1-3H3,(H,22,27). The molecule has 2 rings (SSSR count). The van der Waals surface area contributed by atoms with Crippen LogP contribution < -0.4 is 15.4 Å². The average molecular weight is 445 g/mol. The number of hydrogen-bond donors (Lipinski definition) is 2. The largest absolute Gasteiger partial charge is 0.497 e. The molecule has 2 aromatic carbocycles. The van der Waals surface area contributed by atoms with Crippen LogP contribution in [-0.2, 0) is 0 Å². The Kier molecular flexibility index (Phi) is 8.90. The first-order valence-electron chi connectivity index (χ1n) is 10.2. The average Bonchev–Trinajstić information content (AvgIpc) is 2.79. The lowest BCUT2D eigenvalue weighted by Gasteiger charge is -2.18. The number of nitro benzene ring substituents is 2. The Balaban J connectivity index is 2.25. The molecule has 11 nitrogen and oxygen atoms in total. The summed E-state index contributed by atoms with van der Waals surface area (Å²) in [5, 5.41) is 28.1. The van der Waals surface area contributed by atoms with Crippen LogP contribution in [0.4, 0.5) is 22.7 Å². The third-order valence-electron chi connectivity index (χ3n) is 4.96. The van der Waals surface area contributed by atoms with E-state index in [1.807, 2.05) is 0 Å². The number of amides is 1. The number of anilines is 2. The van der Waals surface area contributed by atoms with Crippen molar-refractivity contribution in [1.82, 2.24) is 10.2 Å². The summed E-state index contributed by atoms with van der Waals surface area (Å²) in [4.78, 5) is 36.0. The van der Waals surface area contributed by atoms with Crippen molar-refractivity contribution >= 4 is 28.7 Å². The fourth-order valence-corrected chi connectivity index (χ4v) is 3.12. The van der Waals surface area contributed by atoms with Gasteiger partial charge in [0, 0.05) is 12.6 Å². The van der Waals surface area contributed by atoms with Gasteiger partial charge in [0.05, 0.1) is 34.3 Å². The molecule has 11 heteroatoms. The van der Waals surface area contributed by atoms with Crippen molar-refractivity contribution in [3.05, 3.63) is 62.2 Å². The molecule has 0 atom stereocenters. The molecule has 0 bridgehead atoms. The summed E-state index contributed by atoms with van der Waals surface area (Å²) in [7, 11) is 1.47. The molecule has 0 aliphatic carbocycles. The minimum atomic E-state index is -0.716. The van der Waals surface area contributed by atoms with Gasteiger partial charge in [0.2, 0.25) is 0 Å². The van der Waals surface area contributed by atoms with E-state index >= 15 is 0 Å². The minimum Gasteiger partial charge on any atom is -0.497 e. The van der Waals surface area contributed by atoms with Crippen molar-refractivity contribution in [1.29, 1.82) is 0 Å². The van der Waals surface area contributed by atoms with Crippen molar-refractivity contribution in [2.24, 2.45) is 0 Å². The summed E-state index contributed by atoms with van der Waals surface area (Å²) in [6, 6.07) is 7.97. The highest BCUT2D eigenvalue weighted by atomic mass is 16.6. The zero-order valence-electron chi connectivity index (χ0n) is 18.3. The first-order chi connectivity index (χ1) is 15.3. The molecule has 0 radical (unpaired) electrons. The first-order valence-corrected chi connectivity index (χ1v) is 10.2. The lowest BCUT2D eigenvalue weighted by Crippen LogP contribution is -2.30. The maximum atomic E-state index is 12.8. The molecule has 0 aliphatic rings. The summed E-state index contributed by atoms with van der Waals surface area (Å²) in [5.74, 6) is 0.0811. The first kappa shape index (κ1) is 24.5. The molecule has 0 aromatic heterocycles. The van der Waals surface area contributed by atoms with Gasteiger partial charge >= 0.3 is 0 Å². The summed E-state index contributed by atoms with van der Waals surface area (Å²) >= 11 is 0. The van der Waals surface area contributed by atoms with Gasteiger partial charge in [-0.15, -0.1) is 0 Å². The molecule has 0 heterocycles. The van der Waals surface area contributed by atoms with Gasteiger partial charge in [-0.3, -0.25) is 25.0 Å². The van der Waals surface area contributed by atoms with Gasteiger partial charge in [0.1, 0.15) is 11.4 Å². The topological polar surface area (TPSA) is 140 Å². The zero-order valence-corrected chi connectivity index (χ0v) is 18.3. The van der Waals surface area contributed by atoms with Crippen LogP contribution in [0.2, 0.25) is 0 Å². The van der Waals surface area contributed by atoms with E-state index in [1.165, 1.54) is 19.2 Å². The molecule has 0 unspecified atom stereocenters. The summed E-state index contributed by atoms with van der Waals surface area (Å²) in [5.41, 5.74) is -0.297. The molecule has 0 saturated carbocycles. The van der Waals surface area contributed by atoms with Crippen LogP contribution >= 0.6 is 0 Å². The second kappa shape index (κ2) is 11.6. The van der Waals surface area contributed by atoms with Crippen molar-refractivity contribution in [3.8, 4) is 5.75 Å². The third kappa shape index (κ3) is 6.38. The maximum absolute atomic E-state index is 12.8. The Morgan fingerprint density at radius 2 is 1.72 bits per heavy atom. The predicted octanol–water partition coefficient (Wildman–Crippen LogP) is 3.72. The van der Waals surface area contributed by atoms with Gasteiger partial charge in [0.15, 0.2) is 0 Å². The van der Waals surface area contributed by atoms with Crippen LogP contribution in [0.1, 0.15) is 30.6 Å². The van der Waals surface area contributed by atoms with Crippen molar-refractivity contribution < 1.29 is 19.4 Å². The number of benzene rings is 2. The Bertz CT molecular complexity index is 977. The van der Waals surface area contributed by atoms with Crippen LogP contribution in [-0.4, -0.2) is 53.9 Å². The van der Waals surface area contributed by atoms with E-state index in [-0.39, 0.29) is 17.2 Å². The van der Waals surface area contributed by atoms with Crippen LogP contribution in [0, 0.1) is 20.2 Å². The molecule has 172 valence electrons. The van der Waals surface area contributed by atoms with E-state index in [0.29, 0.717) is 18.0 Å². The minimum absolute atomic E-state index is 0.0290. The number of nitrogens with one attached hydrogen (secondary N) is 2. The van der Waals surface area contributed by atoms with Gasteiger partial charge in [-0.05, 0) is 50.3 Å². The highest BCUT2D eigenvalue weighted by Gasteiger charge is 2.21. The Hall–Kier alpha value is -3.73. The molecular formula is C21H27N5O6. The number of nitro groups is 2. The maximum Gasteiger partial charge on any atom is 0.299 e. The Morgan fingerprint density at radius 1 is 1.03 bits per heavy atom. The molecule has 2 N–H and O–H groups in total. The van der Waals surface area contributed by atoms with Gasteiger partial charge < -0.3 is 20.3 Å². The normalized spacial score (nSPS) is 10.6. The fourth-order valence-electron chi connectivity index (χ4n) is 3.12. The third-order valence-corrected chi connectivity index (χ3v) is 4.96. The van der Waals surface area contributed by atoms with Gasteiger partial charge in [0.25, 0.3) is 17.3 Å².